The molecule has 0 aliphatic carbocycles. The number of nitrogens with one attached hydrogen (secondary N) is 1. The predicted molar refractivity (Wildman–Crippen MR) is 94.9 cm³/mol. The van der Waals surface area contributed by atoms with Crippen LogP contribution in [0.1, 0.15) is 22.0 Å². The number of nitrogens with zero attached hydrogens (tertiary/aromatic N) is 1. The van der Waals surface area contributed by atoms with Crippen molar-refractivity contribution < 1.29 is 9.47 Å². The number of aryl methyl sites for hydroxylation is 1. The summed E-state index contributed by atoms with van der Waals surface area (Å²) in [6, 6.07) is 8.66. The van der Waals surface area contributed by atoms with E-state index in [0.29, 0.717) is 0 Å². The van der Waals surface area contributed by atoms with Crippen LogP contribution in [0.15, 0.2) is 29.6 Å². The molecule has 1 saturated heterocycles. The third-order valence-corrected chi connectivity index (χ3v) is 5.38. The van der Waals surface area contributed by atoms with E-state index >= 15 is 0 Å². The minimum Gasteiger partial charge on any atom is -0.497 e. The first kappa shape index (κ1) is 16.3. The molecule has 124 valence electrons. The zero-order valence-electron chi connectivity index (χ0n) is 14.0. The Labute approximate surface area is 142 Å². The zero-order valence-corrected chi connectivity index (χ0v) is 14.8. The summed E-state index contributed by atoms with van der Waals surface area (Å²) in [6.07, 6.45) is 0. The molecule has 1 aromatic carbocycles. The Balaban J connectivity index is 2.03. The minimum absolute atomic E-state index is 0.233. The van der Waals surface area contributed by atoms with Crippen molar-refractivity contribution in [2.45, 2.75) is 13.0 Å². The van der Waals surface area contributed by atoms with E-state index in [0.717, 1.165) is 37.7 Å². The maximum Gasteiger partial charge on any atom is 0.127 e. The predicted octanol–water partition coefficient (Wildman–Crippen LogP) is 3.07. The molecule has 2 aromatic rings. The molecule has 23 heavy (non-hydrogen) atoms. The van der Waals surface area contributed by atoms with Crippen LogP contribution in [-0.4, -0.2) is 45.3 Å². The van der Waals surface area contributed by atoms with Crippen molar-refractivity contribution in [3.8, 4) is 11.5 Å². The van der Waals surface area contributed by atoms with E-state index in [2.05, 4.69) is 34.7 Å². The van der Waals surface area contributed by atoms with Gasteiger partial charge in [0.15, 0.2) is 0 Å². The summed E-state index contributed by atoms with van der Waals surface area (Å²) < 4.78 is 11.0. The molecule has 0 radical (unpaired) electrons. The summed E-state index contributed by atoms with van der Waals surface area (Å²) in [5.74, 6) is 1.71. The van der Waals surface area contributed by atoms with Gasteiger partial charge in [-0.1, -0.05) is 0 Å². The maximum absolute atomic E-state index is 5.67. The first-order valence-electron chi connectivity index (χ1n) is 7.94. The van der Waals surface area contributed by atoms with Crippen molar-refractivity contribution >= 4 is 11.3 Å². The summed E-state index contributed by atoms with van der Waals surface area (Å²) in [5, 5.41) is 5.66. The lowest BCUT2D eigenvalue weighted by Crippen LogP contribution is -2.45. The lowest BCUT2D eigenvalue weighted by atomic mass is 10.0. The molecular formula is C18H24N2O2S. The van der Waals surface area contributed by atoms with Gasteiger partial charge in [-0.2, -0.15) is 0 Å². The van der Waals surface area contributed by atoms with Gasteiger partial charge in [-0.25, -0.2) is 0 Å². The molecule has 1 aromatic heterocycles. The Morgan fingerprint density at radius 2 is 1.91 bits per heavy atom. The third-order valence-electron chi connectivity index (χ3n) is 4.27. The molecule has 0 amide bonds. The normalized spacial score (nSPS) is 17.0. The summed E-state index contributed by atoms with van der Waals surface area (Å²) in [5.41, 5.74) is 2.52. The second-order valence-corrected chi connectivity index (χ2v) is 6.77. The van der Waals surface area contributed by atoms with Crippen molar-refractivity contribution in [1.82, 2.24) is 10.2 Å². The molecule has 0 spiro atoms. The Morgan fingerprint density at radius 1 is 1.13 bits per heavy atom. The van der Waals surface area contributed by atoms with Gasteiger partial charge in [-0.05, 0) is 36.1 Å². The molecule has 0 saturated carbocycles. The molecule has 1 aliphatic heterocycles. The van der Waals surface area contributed by atoms with Gasteiger partial charge in [0.25, 0.3) is 0 Å². The van der Waals surface area contributed by atoms with Gasteiger partial charge in [0.05, 0.1) is 20.3 Å². The highest BCUT2D eigenvalue weighted by Gasteiger charge is 2.27. The fourth-order valence-corrected chi connectivity index (χ4v) is 4.16. The molecule has 1 aliphatic rings. The Morgan fingerprint density at radius 3 is 2.52 bits per heavy atom. The first-order chi connectivity index (χ1) is 11.2. The van der Waals surface area contributed by atoms with E-state index in [4.69, 9.17) is 9.47 Å². The van der Waals surface area contributed by atoms with Gasteiger partial charge >= 0.3 is 0 Å². The van der Waals surface area contributed by atoms with E-state index < -0.39 is 0 Å². The molecule has 1 unspecified atom stereocenters. The quantitative estimate of drug-likeness (QED) is 0.912. The van der Waals surface area contributed by atoms with Crippen LogP contribution < -0.4 is 14.8 Å². The van der Waals surface area contributed by atoms with Crippen molar-refractivity contribution in [3.63, 3.8) is 0 Å². The molecule has 1 N–H and O–H groups in total. The molecule has 2 heterocycles. The number of benzene rings is 1. The Hall–Kier alpha value is -1.56. The lowest BCUT2D eigenvalue weighted by molar-refractivity contribution is 0.197. The number of piperazine rings is 1. The highest BCUT2D eigenvalue weighted by Crippen LogP contribution is 2.39. The van der Waals surface area contributed by atoms with Crippen LogP contribution in [0.2, 0.25) is 0 Å². The Bertz CT molecular complexity index is 650. The van der Waals surface area contributed by atoms with Crippen molar-refractivity contribution in [3.05, 3.63) is 45.6 Å². The van der Waals surface area contributed by atoms with Gasteiger partial charge < -0.3 is 14.8 Å². The van der Waals surface area contributed by atoms with Gasteiger partial charge in [-0.3, -0.25) is 4.90 Å². The Kier molecular flexibility index (Phi) is 5.20. The molecule has 5 heteroatoms. The van der Waals surface area contributed by atoms with Crippen molar-refractivity contribution in [2.24, 2.45) is 0 Å². The average Bonchev–Trinajstić information content (AvgIpc) is 3.02. The number of hydrogen-bond acceptors (Lipinski definition) is 5. The first-order valence-corrected chi connectivity index (χ1v) is 8.82. The fourth-order valence-electron chi connectivity index (χ4n) is 3.11. The van der Waals surface area contributed by atoms with Gasteiger partial charge in [0.1, 0.15) is 11.5 Å². The minimum atomic E-state index is 0.233. The molecule has 0 bridgehead atoms. The zero-order chi connectivity index (χ0) is 16.2. The SMILES string of the molecule is COc1ccc(C(c2cc(C)cs2)N2CCNCC2)c(OC)c1. The third kappa shape index (κ3) is 3.52. The van der Waals surface area contributed by atoms with E-state index in [1.165, 1.54) is 16.0 Å². The standard InChI is InChI=1S/C18H24N2O2S/c1-13-10-17(23-12-13)18(20-8-6-19-7-9-20)15-5-4-14(21-2)11-16(15)22-3/h4-5,10-12,18-19H,6-9H2,1-3H3. The summed E-state index contributed by atoms with van der Waals surface area (Å²) in [7, 11) is 3.41. The average molecular weight is 332 g/mol. The number of rotatable bonds is 5. The van der Waals surface area contributed by atoms with Crippen LogP contribution in [0, 0.1) is 6.92 Å². The number of thiophene rings is 1. The molecule has 1 atom stereocenters. The van der Waals surface area contributed by atoms with Crippen molar-refractivity contribution in [2.75, 3.05) is 40.4 Å². The summed E-state index contributed by atoms with van der Waals surface area (Å²) in [6.45, 7) is 6.28. The highest BCUT2D eigenvalue weighted by atomic mass is 32.1. The number of ether oxygens (including phenoxy) is 2. The molecule has 1 fully saturated rings. The van der Waals surface area contributed by atoms with E-state index in [-0.39, 0.29) is 6.04 Å². The van der Waals surface area contributed by atoms with Crippen molar-refractivity contribution in [1.29, 1.82) is 0 Å². The molecular weight excluding hydrogens is 308 g/mol. The number of hydrogen-bond donors (Lipinski definition) is 1. The topological polar surface area (TPSA) is 33.7 Å². The second-order valence-electron chi connectivity index (χ2n) is 5.82. The number of methoxy groups -OCH3 is 2. The maximum atomic E-state index is 5.67. The van der Waals surface area contributed by atoms with E-state index in [9.17, 15) is 0 Å². The molecule has 4 nitrogen and oxygen atoms in total. The van der Waals surface area contributed by atoms with Crippen LogP contribution in [0.25, 0.3) is 0 Å². The highest BCUT2D eigenvalue weighted by molar-refractivity contribution is 7.10. The summed E-state index contributed by atoms with van der Waals surface area (Å²) >= 11 is 1.83. The van der Waals surface area contributed by atoms with Gasteiger partial charge in [-0.15, -0.1) is 11.3 Å². The molecule has 3 rings (SSSR count). The van der Waals surface area contributed by atoms with Gasteiger partial charge in [0.2, 0.25) is 0 Å². The van der Waals surface area contributed by atoms with Crippen LogP contribution in [-0.2, 0) is 0 Å². The summed E-state index contributed by atoms with van der Waals surface area (Å²) in [4.78, 5) is 3.90. The van der Waals surface area contributed by atoms with Crippen LogP contribution >= 0.6 is 11.3 Å². The van der Waals surface area contributed by atoms with Crippen LogP contribution in [0.5, 0.6) is 11.5 Å². The van der Waals surface area contributed by atoms with Gasteiger partial charge in [0, 0.05) is 42.7 Å². The second kappa shape index (κ2) is 7.34. The van der Waals surface area contributed by atoms with Crippen LogP contribution in [0.3, 0.4) is 0 Å². The van der Waals surface area contributed by atoms with E-state index in [1.54, 1.807) is 14.2 Å². The van der Waals surface area contributed by atoms with Crippen LogP contribution in [0.4, 0.5) is 0 Å². The van der Waals surface area contributed by atoms with E-state index in [1.807, 2.05) is 23.5 Å². The fraction of sp³-hybridized carbons (Fsp3) is 0.444. The largest absolute Gasteiger partial charge is 0.497 e. The smallest absolute Gasteiger partial charge is 0.127 e. The lowest BCUT2D eigenvalue weighted by Gasteiger charge is -2.35. The monoisotopic (exact) mass is 332 g/mol.